The highest BCUT2D eigenvalue weighted by molar-refractivity contribution is 5.96. The summed E-state index contributed by atoms with van der Waals surface area (Å²) in [6, 6.07) is 16.3. The van der Waals surface area contributed by atoms with E-state index >= 15 is 0 Å². The van der Waals surface area contributed by atoms with Gasteiger partial charge in [-0.05, 0) is 24.3 Å². The zero-order valence-corrected chi connectivity index (χ0v) is 13.5. The fourth-order valence-corrected chi connectivity index (χ4v) is 2.02. The van der Waals surface area contributed by atoms with Crippen LogP contribution in [0.25, 0.3) is 0 Å². The van der Waals surface area contributed by atoms with E-state index in [0.29, 0.717) is 24.4 Å². The second-order valence-electron chi connectivity index (χ2n) is 4.88. The standard InChI is InChI=1S/C18H20N2O4/c1-19-16-10-6-5-9-15(16)18(22)24-13-17(21)20-11-12-23-14-7-3-2-4-8-14/h2-10,19H,11-13H2,1H3,(H,20,21). The molecule has 6 heteroatoms. The monoisotopic (exact) mass is 328 g/mol. The second kappa shape index (κ2) is 9.19. The lowest BCUT2D eigenvalue weighted by molar-refractivity contribution is -0.124. The summed E-state index contributed by atoms with van der Waals surface area (Å²) in [5.41, 5.74) is 1.04. The van der Waals surface area contributed by atoms with E-state index < -0.39 is 5.97 Å². The molecule has 0 aromatic heterocycles. The van der Waals surface area contributed by atoms with Crippen LogP contribution in [-0.4, -0.2) is 38.7 Å². The number of benzene rings is 2. The third kappa shape index (κ3) is 5.31. The Hall–Kier alpha value is -3.02. The van der Waals surface area contributed by atoms with Crippen LogP contribution in [0.3, 0.4) is 0 Å². The van der Waals surface area contributed by atoms with Gasteiger partial charge in [0.25, 0.3) is 5.91 Å². The Bertz CT molecular complexity index is 674. The van der Waals surface area contributed by atoms with Crippen LogP contribution in [0.2, 0.25) is 0 Å². The Morgan fingerprint density at radius 2 is 1.71 bits per heavy atom. The third-order valence-corrected chi connectivity index (χ3v) is 3.19. The average molecular weight is 328 g/mol. The van der Waals surface area contributed by atoms with Gasteiger partial charge in [0.15, 0.2) is 6.61 Å². The molecule has 2 aromatic rings. The van der Waals surface area contributed by atoms with Gasteiger partial charge < -0.3 is 20.1 Å². The number of hydrogen-bond acceptors (Lipinski definition) is 5. The van der Waals surface area contributed by atoms with Crippen LogP contribution in [-0.2, 0) is 9.53 Å². The summed E-state index contributed by atoms with van der Waals surface area (Å²) >= 11 is 0. The average Bonchev–Trinajstić information content (AvgIpc) is 2.64. The van der Waals surface area contributed by atoms with Crippen molar-refractivity contribution in [2.45, 2.75) is 0 Å². The predicted molar refractivity (Wildman–Crippen MR) is 91.2 cm³/mol. The molecule has 0 bridgehead atoms. The van der Waals surface area contributed by atoms with Gasteiger partial charge in [0.1, 0.15) is 12.4 Å². The van der Waals surface area contributed by atoms with Gasteiger partial charge in [0, 0.05) is 12.7 Å². The molecule has 0 saturated heterocycles. The molecule has 0 atom stereocenters. The van der Waals surface area contributed by atoms with Crippen LogP contribution < -0.4 is 15.4 Å². The van der Waals surface area contributed by atoms with Gasteiger partial charge >= 0.3 is 5.97 Å². The minimum Gasteiger partial charge on any atom is -0.492 e. The predicted octanol–water partition coefficient (Wildman–Crippen LogP) is 2.08. The minimum atomic E-state index is -0.546. The van der Waals surface area contributed by atoms with Gasteiger partial charge in [-0.3, -0.25) is 4.79 Å². The van der Waals surface area contributed by atoms with Crippen LogP contribution in [0, 0.1) is 0 Å². The molecule has 126 valence electrons. The van der Waals surface area contributed by atoms with Crippen molar-refractivity contribution in [1.29, 1.82) is 0 Å². The number of anilines is 1. The summed E-state index contributed by atoms with van der Waals surface area (Å²) < 4.78 is 10.5. The lowest BCUT2D eigenvalue weighted by Gasteiger charge is -2.10. The molecule has 0 aliphatic carbocycles. The van der Waals surface area contributed by atoms with Crippen LogP contribution in [0.15, 0.2) is 54.6 Å². The van der Waals surface area contributed by atoms with Crippen LogP contribution >= 0.6 is 0 Å². The Morgan fingerprint density at radius 1 is 1.00 bits per heavy atom. The zero-order chi connectivity index (χ0) is 17.2. The van der Waals surface area contributed by atoms with Crippen molar-refractivity contribution in [2.24, 2.45) is 0 Å². The highest BCUT2D eigenvalue weighted by atomic mass is 16.5. The van der Waals surface area contributed by atoms with E-state index in [1.807, 2.05) is 36.4 Å². The number of ether oxygens (including phenoxy) is 2. The molecule has 0 unspecified atom stereocenters. The first-order valence-electron chi connectivity index (χ1n) is 7.59. The van der Waals surface area contributed by atoms with Crippen molar-refractivity contribution in [2.75, 3.05) is 32.1 Å². The molecule has 2 rings (SSSR count). The van der Waals surface area contributed by atoms with Crippen LogP contribution in [0.4, 0.5) is 5.69 Å². The van der Waals surface area contributed by atoms with Crippen LogP contribution in [0.5, 0.6) is 5.75 Å². The molecule has 6 nitrogen and oxygen atoms in total. The molecule has 2 N–H and O–H groups in total. The van der Waals surface area contributed by atoms with Crippen molar-refractivity contribution in [3.63, 3.8) is 0 Å². The maximum Gasteiger partial charge on any atom is 0.340 e. The van der Waals surface area contributed by atoms with Gasteiger partial charge in [-0.1, -0.05) is 30.3 Å². The number of amides is 1. The summed E-state index contributed by atoms with van der Waals surface area (Å²) in [5.74, 6) is -0.181. The van der Waals surface area contributed by atoms with E-state index in [9.17, 15) is 9.59 Å². The van der Waals surface area contributed by atoms with Crippen molar-refractivity contribution >= 4 is 17.6 Å². The second-order valence-corrected chi connectivity index (χ2v) is 4.88. The smallest absolute Gasteiger partial charge is 0.340 e. The highest BCUT2D eigenvalue weighted by Gasteiger charge is 2.13. The third-order valence-electron chi connectivity index (χ3n) is 3.19. The fourth-order valence-electron chi connectivity index (χ4n) is 2.02. The number of carbonyl (C=O) groups is 2. The van der Waals surface area contributed by atoms with Crippen molar-refractivity contribution in [3.8, 4) is 5.75 Å². The fraction of sp³-hybridized carbons (Fsp3) is 0.222. The summed E-state index contributed by atoms with van der Waals surface area (Å²) in [7, 11) is 1.71. The first kappa shape index (κ1) is 17.3. The topological polar surface area (TPSA) is 76.7 Å². The van der Waals surface area contributed by atoms with Crippen LogP contribution in [0.1, 0.15) is 10.4 Å². The van der Waals surface area contributed by atoms with E-state index in [4.69, 9.17) is 9.47 Å². The molecule has 0 aliphatic heterocycles. The molecule has 24 heavy (non-hydrogen) atoms. The maximum absolute atomic E-state index is 12.0. The van der Waals surface area contributed by atoms with E-state index in [1.54, 1.807) is 25.2 Å². The Kier molecular flexibility index (Phi) is 6.64. The van der Waals surface area contributed by atoms with Gasteiger partial charge in [0.05, 0.1) is 12.1 Å². The van der Waals surface area contributed by atoms with E-state index in [0.717, 1.165) is 5.75 Å². The summed E-state index contributed by atoms with van der Waals surface area (Å²) in [4.78, 5) is 23.7. The number of nitrogens with one attached hydrogen (secondary N) is 2. The quantitative estimate of drug-likeness (QED) is 0.573. The molecule has 0 heterocycles. The molecule has 1 amide bonds. The molecule has 0 fully saturated rings. The Balaban J connectivity index is 1.68. The number of hydrogen-bond donors (Lipinski definition) is 2. The van der Waals surface area contributed by atoms with Gasteiger partial charge in [-0.25, -0.2) is 4.79 Å². The first-order valence-corrected chi connectivity index (χ1v) is 7.59. The van der Waals surface area contributed by atoms with Crippen molar-refractivity contribution in [3.05, 3.63) is 60.2 Å². The zero-order valence-electron chi connectivity index (χ0n) is 13.5. The minimum absolute atomic E-state index is 0.331. The molecule has 0 saturated carbocycles. The largest absolute Gasteiger partial charge is 0.492 e. The van der Waals surface area contributed by atoms with Crippen molar-refractivity contribution in [1.82, 2.24) is 5.32 Å². The Morgan fingerprint density at radius 3 is 2.46 bits per heavy atom. The van der Waals surface area contributed by atoms with Crippen molar-refractivity contribution < 1.29 is 19.1 Å². The summed E-state index contributed by atoms with van der Waals surface area (Å²) in [5, 5.41) is 5.54. The number of para-hydroxylation sites is 2. The molecular weight excluding hydrogens is 308 g/mol. The lowest BCUT2D eigenvalue weighted by atomic mass is 10.2. The normalized spacial score (nSPS) is 9.88. The summed E-state index contributed by atoms with van der Waals surface area (Å²) in [6.45, 7) is 0.340. The van der Waals surface area contributed by atoms with E-state index in [2.05, 4.69) is 10.6 Å². The number of rotatable bonds is 8. The molecule has 0 spiro atoms. The molecule has 2 aromatic carbocycles. The van der Waals surface area contributed by atoms with Gasteiger partial charge in [-0.15, -0.1) is 0 Å². The SMILES string of the molecule is CNc1ccccc1C(=O)OCC(=O)NCCOc1ccccc1. The molecule has 0 radical (unpaired) electrons. The molecular formula is C18H20N2O4. The first-order chi connectivity index (χ1) is 11.7. The number of carbonyl (C=O) groups excluding carboxylic acids is 2. The van der Waals surface area contributed by atoms with E-state index in [1.165, 1.54) is 0 Å². The molecule has 0 aliphatic rings. The van der Waals surface area contributed by atoms with E-state index in [-0.39, 0.29) is 12.5 Å². The lowest BCUT2D eigenvalue weighted by Crippen LogP contribution is -2.32. The maximum atomic E-state index is 12.0. The highest BCUT2D eigenvalue weighted by Crippen LogP contribution is 2.15. The van der Waals surface area contributed by atoms with Gasteiger partial charge in [0.2, 0.25) is 0 Å². The number of esters is 1. The Labute approximate surface area is 140 Å². The van der Waals surface area contributed by atoms with Gasteiger partial charge in [-0.2, -0.15) is 0 Å². The summed E-state index contributed by atoms with van der Waals surface area (Å²) in [6.07, 6.45) is 0.